The number of carbonyl (C=O) groups excluding carboxylic acids is 3. The molecule has 0 radical (unpaired) electrons. The second kappa shape index (κ2) is 5.41. The van der Waals surface area contributed by atoms with Gasteiger partial charge in [-0.1, -0.05) is 5.11 Å². The predicted molar refractivity (Wildman–Crippen MR) is 70.4 cm³/mol. The number of rotatable bonds is 4. The van der Waals surface area contributed by atoms with Gasteiger partial charge in [-0.05, 0) is 26.3 Å². The van der Waals surface area contributed by atoms with Crippen molar-refractivity contribution < 1.29 is 34.4 Å². The maximum Gasteiger partial charge on any atom is 0.267 e. The van der Waals surface area contributed by atoms with Crippen LogP contribution in [0.1, 0.15) is 27.7 Å². The summed E-state index contributed by atoms with van der Waals surface area (Å²) in [7, 11) is 0. The van der Waals surface area contributed by atoms with Gasteiger partial charge in [0.1, 0.15) is 6.04 Å². The molecule has 1 heterocycles. The van der Waals surface area contributed by atoms with E-state index in [0.29, 0.717) is 0 Å². The molecule has 22 heavy (non-hydrogen) atoms. The maximum atomic E-state index is 12.0. The van der Waals surface area contributed by atoms with E-state index < -0.39 is 46.5 Å². The van der Waals surface area contributed by atoms with Crippen LogP contribution in [0.25, 0.3) is 10.4 Å². The number of nitrogens with zero attached hydrogens (tertiary/aromatic N) is 3. The summed E-state index contributed by atoms with van der Waals surface area (Å²) in [6.07, 6.45) is -1.33. The Bertz CT molecular complexity index is 587. The highest BCUT2D eigenvalue weighted by molar-refractivity contribution is 6.04. The van der Waals surface area contributed by atoms with E-state index >= 15 is 0 Å². The Kier molecular flexibility index (Phi) is 4.48. The van der Waals surface area contributed by atoms with Crippen molar-refractivity contribution in [3.05, 3.63) is 10.4 Å². The van der Waals surface area contributed by atoms with Gasteiger partial charge in [0.15, 0.2) is 23.0 Å². The van der Waals surface area contributed by atoms with Gasteiger partial charge in [-0.3, -0.25) is 14.4 Å². The fourth-order valence-corrected chi connectivity index (χ4v) is 2.77. The van der Waals surface area contributed by atoms with Crippen LogP contribution in [0, 0.1) is 0 Å². The summed E-state index contributed by atoms with van der Waals surface area (Å²) in [6, 6.07) is -1.73. The fourth-order valence-electron chi connectivity index (χ4n) is 2.77. The van der Waals surface area contributed by atoms with Gasteiger partial charge in [0.25, 0.3) is 5.79 Å². The zero-order chi connectivity index (χ0) is 17.5. The van der Waals surface area contributed by atoms with E-state index in [1.54, 1.807) is 0 Å². The summed E-state index contributed by atoms with van der Waals surface area (Å²) in [4.78, 5) is 38.1. The number of Topliss-reactive ketones (excluding diaryl/α,β-unsaturated/α-hetero) is 3. The van der Waals surface area contributed by atoms with Crippen LogP contribution in [0.2, 0.25) is 0 Å². The molecule has 1 rings (SSSR count). The second-order valence-corrected chi connectivity index (χ2v) is 5.26. The third-order valence-electron chi connectivity index (χ3n) is 3.97. The Morgan fingerprint density at radius 3 is 1.91 bits per heavy atom. The number of hydrogen-bond acceptors (Lipinski definition) is 8. The van der Waals surface area contributed by atoms with Crippen LogP contribution in [-0.4, -0.2) is 61.8 Å². The molecule has 0 aliphatic carbocycles. The molecular formula is C12H17N3O7. The molecule has 1 aliphatic heterocycles. The van der Waals surface area contributed by atoms with Gasteiger partial charge in [-0.2, -0.15) is 0 Å². The molecule has 0 amide bonds. The number of carbonyl (C=O) groups is 3. The minimum Gasteiger partial charge on any atom is -0.378 e. The summed E-state index contributed by atoms with van der Waals surface area (Å²) >= 11 is 0. The number of ether oxygens (including phenoxy) is 1. The van der Waals surface area contributed by atoms with E-state index in [1.807, 2.05) is 0 Å². The smallest absolute Gasteiger partial charge is 0.267 e. The molecule has 0 spiro atoms. The topological polar surface area (TPSA) is 170 Å². The van der Waals surface area contributed by atoms with Crippen molar-refractivity contribution in [1.82, 2.24) is 0 Å². The first-order chi connectivity index (χ1) is 9.91. The van der Waals surface area contributed by atoms with E-state index in [-0.39, 0.29) is 0 Å². The zero-order valence-corrected chi connectivity index (χ0v) is 12.5. The van der Waals surface area contributed by atoms with Crippen LogP contribution < -0.4 is 0 Å². The quantitative estimate of drug-likeness (QED) is 0.339. The summed E-state index contributed by atoms with van der Waals surface area (Å²) in [5, 5.41) is 34.9. The Balaban J connectivity index is 3.85. The Hall–Kier alpha value is -1.84. The molecule has 0 aromatic carbocycles. The molecule has 3 N–H and O–H groups in total. The Morgan fingerprint density at radius 2 is 1.59 bits per heavy atom. The molecule has 10 nitrogen and oxygen atoms in total. The van der Waals surface area contributed by atoms with Crippen LogP contribution >= 0.6 is 0 Å². The van der Waals surface area contributed by atoms with E-state index in [1.165, 1.54) is 6.92 Å². The van der Waals surface area contributed by atoms with E-state index in [9.17, 15) is 29.7 Å². The minimum absolute atomic E-state index is 0.758. The van der Waals surface area contributed by atoms with Gasteiger partial charge in [0.2, 0.25) is 5.60 Å². The van der Waals surface area contributed by atoms with Gasteiger partial charge < -0.3 is 20.1 Å². The van der Waals surface area contributed by atoms with Gasteiger partial charge in [0, 0.05) is 11.8 Å². The normalized spacial score (nSPS) is 41.4. The fraction of sp³-hybridized carbons (Fsp3) is 0.750. The van der Waals surface area contributed by atoms with Crippen LogP contribution in [0.15, 0.2) is 5.11 Å². The Morgan fingerprint density at radius 1 is 1.09 bits per heavy atom. The summed E-state index contributed by atoms with van der Waals surface area (Å²) in [6.45, 7) is 3.61. The van der Waals surface area contributed by atoms with Gasteiger partial charge >= 0.3 is 0 Å². The van der Waals surface area contributed by atoms with Crippen molar-refractivity contribution in [3.63, 3.8) is 0 Å². The number of azide groups is 1. The summed E-state index contributed by atoms with van der Waals surface area (Å²) in [5.41, 5.74) is 2.21. The average molecular weight is 315 g/mol. The lowest BCUT2D eigenvalue weighted by molar-refractivity contribution is -0.350. The Labute approximate surface area is 125 Å². The predicted octanol–water partition coefficient (Wildman–Crippen LogP) is -0.998. The summed E-state index contributed by atoms with van der Waals surface area (Å²) < 4.78 is 4.98. The monoisotopic (exact) mass is 315 g/mol. The molecule has 10 heteroatoms. The second-order valence-electron chi connectivity index (χ2n) is 5.26. The first kappa shape index (κ1) is 18.2. The maximum absolute atomic E-state index is 12.0. The standard InChI is InChI=1S/C12H17N3O7/c1-5-9(14-15-13)10(19,6(2)16)11(20,7(3)17)12(21,22-5)8(4)18/h5,9,19-21H,1-4H3/t5-,9-,10+,11+,12+/m1/s1. The average Bonchev–Trinajstić information content (AvgIpc) is 2.40. The molecule has 122 valence electrons. The van der Waals surface area contributed by atoms with Gasteiger partial charge in [-0.25, -0.2) is 0 Å². The molecular weight excluding hydrogens is 298 g/mol. The molecule has 0 aromatic heterocycles. The van der Waals surface area contributed by atoms with Crippen molar-refractivity contribution in [2.24, 2.45) is 5.11 Å². The van der Waals surface area contributed by atoms with Gasteiger partial charge in [-0.15, -0.1) is 0 Å². The van der Waals surface area contributed by atoms with Crippen molar-refractivity contribution >= 4 is 17.3 Å². The first-order valence-corrected chi connectivity index (χ1v) is 6.33. The van der Waals surface area contributed by atoms with E-state index in [0.717, 1.165) is 20.8 Å². The lowest BCUT2D eigenvalue weighted by atomic mass is 9.64. The number of hydrogen-bond donors (Lipinski definition) is 3. The molecule has 0 saturated carbocycles. The molecule has 1 fully saturated rings. The number of ketones is 3. The van der Waals surface area contributed by atoms with E-state index in [2.05, 4.69) is 10.0 Å². The van der Waals surface area contributed by atoms with Crippen molar-refractivity contribution in [2.75, 3.05) is 0 Å². The van der Waals surface area contributed by atoms with Crippen molar-refractivity contribution in [3.8, 4) is 0 Å². The highest BCUT2D eigenvalue weighted by Gasteiger charge is 2.76. The molecule has 5 atom stereocenters. The number of aliphatic hydroxyl groups is 3. The molecule has 0 aromatic rings. The lowest BCUT2D eigenvalue weighted by Gasteiger charge is -2.55. The van der Waals surface area contributed by atoms with Crippen LogP contribution in [0.3, 0.4) is 0 Å². The molecule has 1 saturated heterocycles. The van der Waals surface area contributed by atoms with Crippen molar-refractivity contribution in [2.45, 2.75) is 56.8 Å². The van der Waals surface area contributed by atoms with Gasteiger partial charge in [0.05, 0.1) is 6.10 Å². The highest BCUT2D eigenvalue weighted by Crippen LogP contribution is 2.46. The third kappa shape index (κ3) is 1.97. The molecule has 1 aliphatic rings. The van der Waals surface area contributed by atoms with E-state index in [4.69, 9.17) is 10.3 Å². The van der Waals surface area contributed by atoms with Crippen LogP contribution in [0.4, 0.5) is 0 Å². The summed E-state index contributed by atoms with van der Waals surface area (Å²) in [5.74, 6) is -6.83. The zero-order valence-electron chi connectivity index (χ0n) is 12.5. The lowest BCUT2D eigenvalue weighted by Crippen LogP contribution is -2.84. The third-order valence-corrected chi connectivity index (χ3v) is 3.97. The first-order valence-electron chi connectivity index (χ1n) is 6.33. The van der Waals surface area contributed by atoms with Crippen LogP contribution in [-0.2, 0) is 19.1 Å². The highest BCUT2D eigenvalue weighted by atomic mass is 16.7. The van der Waals surface area contributed by atoms with Crippen molar-refractivity contribution in [1.29, 1.82) is 0 Å². The SMILES string of the molecule is CC(=O)[C@@]1(O)[C@](O)(C(C)=O)O[C@H](C)[C@@H](N=[N+]=[N-])[C@@]1(O)C(C)=O. The largest absolute Gasteiger partial charge is 0.378 e. The van der Waals surface area contributed by atoms with Crippen LogP contribution in [0.5, 0.6) is 0 Å². The minimum atomic E-state index is -3.33. The molecule has 0 bridgehead atoms. The molecule has 0 unspecified atom stereocenters.